The number of rotatable bonds is 4. The molecule has 1 fully saturated rings. The third-order valence-corrected chi connectivity index (χ3v) is 9.48. The molecule has 0 radical (unpaired) electrons. The van der Waals surface area contributed by atoms with Gasteiger partial charge in [0.2, 0.25) is 10.0 Å². The minimum Gasteiger partial charge on any atom is -0.337 e. The van der Waals surface area contributed by atoms with E-state index in [0.29, 0.717) is 22.8 Å². The molecule has 0 N–H and O–H groups in total. The lowest BCUT2D eigenvalue weighted by Crippen LogP contribution is -2.37. The molecule has 0 aliphatic carbocycles. The van der Waals surface area contributed by atoms with Gasteiger partial charge in [-0.25, -0.2) is 21.8 Å². The molecule has 12 heteroatoms. The first-order valence-corrected chi connectivity index (χ1v) is 12.5. The minimum atomic E-state index is -3.89. The molecule has 0 spiro atoms. The highest BCUT2D eigenvalue weighted by molar-refractivity contribution is 7.89. The lowest BCUT2D eigenvalue weighted by atomic mass is 10.2. The van der Waals surface area contributed by atoms with Gasteiger partial charge in [0.15, 0.2) is 5.03 Å². The first-order valence-electron chi connectivity index (χ1n) is 8.90. The zero-order valence-electron chi connectivity index (χ0n) is 16.3. The van der Waals surface area contributed by atoms with Gasteiger partial charge in [0.05, 0.1) is 5.02 Å². The van der Waals surface area contributed by atoms with Crippen LogP contribution in [0.3, 0.4) is 0 Å². The van der Waals surface area contributed by atoms with E-state index in [2.05, 4.69) is 4.98 Å². The number of benzene rings is 1. The SMILES string of the molecule is Cc1cc(S(=O)(=O)N2CCCN(S(=O)(=O)c3cn(C)c(C)n3)CC2)c(Cl)cc1Cl. The van der Waals surface area contributed by atoms with Crippen molar-refractivity contribution in [3.05, 3.63) is 39.8 Å². The van der Waals surface area contributed by atoms with E-state index in [4.69, 9.17) is 23.2 Å². The molecule has 0 unspecified atom stereocenters. The Morgan fingerprint density at radius 3 is 2.03 bits per heavy atom. The highest BCUT2D eigenvalue weighted by Gasteiger charge is 2.34. The van der Waals surface area contributed by atoms with Crippen molar-refractivity contribution >= 4 is 43.2 Å². The van der Waals surface area contributed by atoms with Crippen LogP contribution in [0.5, 0.6) is 0 Å². The fraction of sp³-hybridized carbons (Fsp3) is 0.471. The number of aryl methyl sites for hydroxylation is 3. The second-order valence-electron chi connectivity index (χ2n) is 6.93. The van der Waals surface area contributed by atoms with Gasteiger partial charge in [-0.1, -0.05) is 23.2 Å². The Balaban J connectivity index is 1.85. The quantitative estimate of drug-likeness (QED) is 0.669. The molecule has 0 amide bonds. The molecular weight excluding hydrogens is 459 g/mol. The predicted molar refractivity (Wildman–Crippen MR) is 111 cm³/mol. The molecule has 3 rings (SSSR count). The summed E-state index contributed by atoms with van der Waals surface area (Å²) in [5, 5.41) is 0.385. The second-order valence-corrected chi connectivity index (χ2v) is 11.5. The fourth-order valence-corrected chi connectivity index (χ4v) is 6.87. The summed E-state index contributed by atoms with van der Waals surface area (Å²) in [6.07, 6.45) is 1.81. The first-order chi connectivity index (χ1) is 13.4. The number of hydrogen-bond acceptors (Lipinski definition) is 5. The predicted octanol–water partition coefficient (Wildman–Crippen LogP) is 2.43. The van der Waals surface area contributed by atoms with Crippen LogP contribution in [-0.4, -0.2) is 61.2 Å². The lowest BCUT2D eigenvalue weighted by Gasteiger charge is -2.22. The van der Waals surface area contributed by atoms with Crippen molar-refractivity contribution in [2.24, 2.45) is 7.05 Å². The highest BCUT2D eigenvalue weighted by atomic mass is 35.5. The molecule has 1 saturated heterocycles. The molecule has 0 bridgehead atoms. The van der Waals surface area contributed by atoms with Crippen LogP contribution in [0.25, 0.3) is 0 Å². The average molecular weight is 481 g/mol. The molecule has 0 saturated carbocycles. The first kappa shape index (κ1) is 22.5. The van der Waals surface area contributed by atoms with Gasteiger partial charge in [-0.15, -0.1) is 0 Å². The number of imidazole rings is 1. The number of hydrogen-bond donors (Lipinski definition) is 0. The van der Waals surface area contributed by atoms with Crippen LogP contribution in [0.4, 0.5) is 0 Å². The van der Waals surface area contributed by atoms with E-state index < -0.39 is 20.0 Å². The average Bonchev–Trinajstić information content (AvgIpc) is 2.85. The normalized spacial score (nSPS) is 17.4. The van der Waals surface area contributed by atoms with Gasteiger partial charge in [0.25, 0.3) is 10.0 Å². The summed E-state index contributed by atoms with van der Waals surface area (Å²) in [6, 6.07) is 2.85. The van der Waals surface area contributed by atoms with Gasteiger partial charge >= 0.3 is 0 Å². The van der Waals surface area contributed by atoms with E-state index in [1.807, 2.05) is 0 Å². The summed E-state index contributed by atoms with van der Waals surface area (Å²) in [6.45, 7) is 3.86. The lowest BCUT2D eigenvalue weighted by molar-refractivity contribution is 0.403. The van der Waals surface area contributed by atoms with E-state index in [9.17, 15) is 16.8 Å². The van der Waals surface area contributed by atoms with Gasteiger partial charge in [-0.2, -0.15) is 8.61 Å². The van der Waals surface area contributed by atoms with E-state index >= 15 is 0 Å². The van der Waals surface area contributed by atoms with Gasteiger partial charge < -0.3 is 4.57 Å². The van der Waals surface area contributed by atoms with Crippen LogP contribution in [0.15, 0.2) is 28.3 Å². The maximum atomic E-state index is 13.1. The maximum absolute atomic E-state index is 13.1. The molecule has 160 valence electrons. The van der Waals surface area contributed by atoms with Crippen molar-refractivity contribution in [1.82, 2.24) is 18.2 Å². The summed E-state index contributed by atoms with van der Waals surface area (Å²) in [5.41, 5.74) is 0.596. The summed E-state index contributed by atoms with van der Waals surface area (Å²) in [5.74, 6) is 0.579. The van der Waals surface area contributed by atoms with Crippen molar-refractivity contribution < 1.29 is 16.8 Å². The fourth-order valence-electron chi connectivity index (χ4n) is 3.10. The Labute approximate surface area is 181 Å². The minimum absolute atomic E-state index is 0.0192. The topological polar surface area (TPSA) is 92.6 Å². The number of halogens is 2. The van der Waals surface area contributed by atoms with Crippen molar-refractivity contribution in [3.63, 3.8) is 0 Å². The van der Waals surface area contributed by atoms with Crippen molar-refractivity contribution in [3.8, 4) is 0 Å². The summed E-state index contributed by atoms with van der Waals surface area (Å²) >= 11 is 12.2. The van der Waals surface area contributed by atoms with Gasteiger partial charge in [-0.3, -0.25) is 0 Å². The number of aromatic nitrogens is 2. The third-order valence-electron chi connectivity index (χ3n) is 4.94. The summed E-state index contributed by atoms with van der Waals surface area (Å²) in [4.78, 5) is 4.07. The largest absolute Gasteiger partial charge is 0.337 e. The Bertz CT molecular complexity index is 1130. The van der Waals surface area contributed by atoms with E-state index in [0.717, 1.165) is 0 Å². The van der Waals surface area contributed by atoms with E-state index in [1.165, 1.54) is 26.9 Å². The highest BCUT2D eigenvalue weighted by Crippen LogP contribution is 2.31. The van der Waals surface area contributed by atoms with Gasteiger partial charge in [-0.05, 0) is 38.0 Å². The molecule has 8 nitrogen and oxygen atoms in total. The van der Waals surface area contributed by atoms with E-state index in [1.54, 1.807) is 25.5 Å². The van der Waals surface area contributed by atoms with Crippen molar-refractivity contribution in [2.45, 2.75) is 30.2 Å². The van der Waals surface area contributed by atoms with Crippen molar-refractivity contribution in [1.29, 1.82) is 0 Å². The van der Waals surface area contributed by atoms with Crippen LogP contribution in [0, 0.1) is 13.8 Å². The van der Waals surface area contributed by atoms with Crippen molar-refractivity contribution in [2.75, 3.05) is 26.2 Å². The smallest absolute Gasteiger partial charge is 0.262 e. The summed E-state index contributed by atoms with van der Waals surface area (Å²) < 4.78 is 56.2. The molecule has 1 aliphatic rings. The van der Waals surface area contributed by atoms with Crippen LogP contribution in [0.1, 0.15) is 17.8 Å². The second kappa shape index (κ2) is 8.16. The Hall–Kier alpha value is -1.17. The van der Waals surface area contributed by atoms with Gasteiger partial charge in [0.1, 0.15) is 10.7 Å². The number of nitrogens with zero attached hydrogens (tertiary/aromatic N) is 4. The molecule has 1 aromatic carbocycles. The Kier molecular flexibility index (Phi) is 6.34. The Morgan fingerprint density at radius 2 is 1.48 bits per heavy atom. The Morgan fingerprint density at radius 1 is 0.897 bits per heavy atom. The van der Waals surface area contributed by atoms with Crippen LogP contribution < -0.4 is 0 Å². The molecular formula is C17H22Cl2N4O4S2. The van der Waals surface area contributed by atoms with Crippen LogP contribution in [-0.2, 0) is 27.1 Å². The van der Waals surface area contributed by atoms with Gasteiger partial charge in [0, 0.05) is 44.4 Å². The third kappa shape index (κ3) is 4.33. The summed E-state index contributed by atoms with van der Waals surface area (Å²) in [7, 11) is -5.98. The number of sulfonamides is 2. The molecule has 1 aliphatic heterocycles. The van der Waals surface area contributed by atoms with Crippen LogP contribution >= 0.6 is 23.2 Å². The molecule has 1 aromatic heterocycles. The maximum Gasteiger partial charge on any atom is 0.262 e. The molecule has 29 heavy (non-hydrogen) atoms. The zero-order valence-corrected chi connectivity index (χ0v) is 19.4. The van der Waals surface area contributed by atoms with E-state index in [-0.39, 0.29) is 41.1 Å². The molecule has 2 heterocycles. The molecule has 2 aromatic rings. The standard InChI is InChI=1S/C17H22Cl2N4O4S2/c1-12-9-16(15(19)10-14(12)18)28(24,25)22-5-4-6-23(8-7-22)29(26,27)17-11-21(3)13(2)20-17/h9-11H,4-8H2,1-3H3. The van der Waals surface area contributed by atoms with Crippen LogP contribution in [0.2, 0.25) is 10.0 Å². The zero-order chi connectivity index (χ0) is 21.6. The molecule has 0 atom stereocenters. The monoisotopic (exact) mass is 480 g/mol.